The second kappa shape index (κ2) is 7.68. The molecule has 3 heteroatoms. The van der Waals surface area contributed by atoms with Crippen LogP contribution < -0.4 is 10.6 Å². The molecule has 1 rings (SSSR count). The Morgan fingerprint density at radius 2 is 1.95 bits per heavy atom. The van der Waals surface area contributed by atoms with Crippen molar-refractivity contribution < 1.29 is 4.79 Å². The monoisotopic (exact) mass is 266 g/mol. The third-order valence-electron chi connectivity index (χ3n) is 4.68. The molecule has 0 radical (unpaired) electrons. The highest BCUT2D eigenvalue weighted by Gasteiger charge is 2.31. The molecule has 0 bridgehead atoms. The van der Waals surface area contributed by atoms with Gasteiger partial charge in [0.25, 0.3) is 0 Å². The van der Waals surface area contributed by atoms with Gasteiger partial charge in [0.1, 0.15) is 0 Å². The minimum atomic E-state index is 0.111. The molecule has 1 amide bonds. The minimum Gasteiger partial charge on any atom is -0.352 e. The van der Waals surface area contributed by atoms with Crippen LogP contribution in [0.2, 0.25) is 0 Å². The lowest BCUT2D eigenvalue weighted by Gasteiger charge is -2.39. The van der Waals surface area contributed by atoms with Gasteiger partial charge >= 0.3 is 0 Å². The maximum atomic E-state index is 11.7. The van der Waals surface area contributed by atoms with Crippen LogP contribution in [-0.2, 0) is 4.79 Å². The van der Waals surface area contributed by atoms with Gasteiger partial charge in [0, 0.05) is 12.6 Å². The molecule has 0 aromatic heterocycles. The molecule has 0 saturated heterocycles. The third-order valence-corrected chi connectivity index (χ3v) is 4.68. The van der Waals surface area contributed by atoms with E-state index < -0.39 is 0 Å². The van der Waals surface area contributed by atoms with Crippen LogP contribution in [-0.4, -0.2) is 25.0 Å². The molecule has 19 heavy (non-hydrogen) atoms. The minimum absolute atomic E-state index is 0.111. The van der Waals surface area contributed by atoms with Crippen LogP contribution in [0.25, 0.3) is 0 Å². The normalized spacial score (nSPS) is 23.9. The second-order valence-electron chi connectivity index (χ2n) is 6.38. The Morgan fingerprint density at radius 1 is 1.32 bits per heavy atom. The molecule has 0 spiro atoms. The van der Waals surface area contributed by atoms with Crippen molar-refractivity contribution in [2.75, 3.05) is 13.1 Å². The van der Waals surface area contributed by atoms with Gasteiger partial charge in [-0.3, -0.25) is 4.79 Å². The Kier molecular flexibility index (Phi) is 6.56. The molecular weight excluding hydrogens is 236 g/mol. The summed E-state index contributed by atoms with van der Waals surface area (Å²) in [5.41, 5.74) is 0.445. The van der Waals surface area contributed by atoms with E-state index >= 15 is 0 Å². The molecular formula is C16H30N2O. The summed E-state index contributed by atoms with van der Waals surface area (Å²) in [4.78, 5) is 11.7. The molecule has 1 aliphatic rings. The molecule has 0 atom stereocenters. The average Bonchev–Trinajstić information content (AvgIpc) is 2.39. The fourth-order valence-corrected chi connectivity index (χ4v) is 2.87. The zero-order valence-electron chi connectivity index (χ0n) is 12.8. The Morgan fingerprint density at radius 3 is 2.47 bits per heavy atom. The fourth-order valence-electron chi connectivity index (χ4n) is 2.87. The SMILES string of the molecule is C=CCNCC(=O)NC1CCC(C(C)(C)CC)CC1. The van der Waals surface area contributed by atoms with Gasteiger partial charge in [0.2, 0.25) is 5.91 Å². The van der Waals surface area contributed by atoms with Gasteiger partial charge in [-0.05, 0) is 37.0 Å². The van der Waals surface area contributed by atoms with Crippen molar-refractivity contribution in [3.63, 3.8) is 0 Å². The number of amides is 1. The van der Waals surface area contributed by atoms with Crippen molar-refractivity contribution in [3.05, 3.63) is 12.7 Å². The van der Waals surface area contributed by atoms with Crippen LogP contribution in [0.3, 0.4) is 0 Å². The van der Waals surface area contributed by atoms with Gasteiger partial charge in [0.05, 0.1) is 6.54 Å². The van der Waals surface area contributed by atoms with Gasteiger partial charge in [-0.1, -0.05) is 33.3 Å². The second-order valence-corrected chi connectivity index (χ2v) is 6.38. The largest absolute Gasteiger partial charge is 0.352 e. The molecule has 110 valence electrons. The predicted octanol–water partition coefficient (Wildman–Crippen LogP) is 2.87. The topological polar surface area (TPSA) is 41.1 Å². The number of carbonyl (C=O) groups excluding carboxylic acids is 1. The van der Waals surface area contributed by atoms with E-state index in [-0.39, 0.29) is 5.91 Å². The van der Waals surface area contributed by atoms with Gasteiger partial charge in [0.15, 0.2) is 0 Å². The van der Waals surface area contributed by atoms with E-state index in [0.717, 1.165) is 18.8 Å². The number of carbonyl (C=O) groups is 1. The summed E-state index contributed by atoms with van der Waals surface area (Å²) in [5.74, 6) is 0.921. The summed E-state index contributed by atoms with van der Waals surface area (Å²) in [5, 5.41) is 6.17. The number of hydrogen-bond acceptors (Lipinski definition) is 2. The number of rotatable bonds is 7. The molecule has 0 unspecified atom stereocenters. The van der Waals surface area contributed by atoms with E-state index in [2.05, 4.69) is 38.0 Å². The van der Waals surface area contributed by atoms with Crippen LogP contribution in [0, 0.1) is 11.3 Å². The number of nitrogens with one attached hydrogen (secondary N) is 2. The highest BCUT2D eigenvalue weighted by molar-refractivity contribution is 5.78. The average molecular weight is 266 g/mol. The Balaban J connectivity index is 2.26. The van der Waals surface area contributed by atoms with Crippen LogP contribution in [0.5, 0.6) is 0 Å². The van der Waals surface area contributed by atoms with Gasteiger partial charge in [-0.2, -0.15) is 0 Å². The van der Waals surface area contributed by atoms with Crippen LogP contribution in [0.1, 0.15) is 52.9 Å². The highest BCUT2D eigenvalue weighted by atomic mass is 16.1. The molecule has 0 aliphatic heterocycles. The first-order valence-corrected chi connectivity index (χ1v) is 7.60. The first-order valence-electron chi connectivity index (χ1n) is 7.60. The smallest absolute Gasteiger partial charge is 0.234 e. The number of hydrogen-bond donors (Lipinski definition) is 2. The lowest BCUT2D eigenvalue weighted by Crippen LogP contribution is -2.43. The summed E-state index contributed by atoms with van der Waals surface area (Å²) in [6.07, 6.45) is 7.74. The van der Waals surface area contributed by atoms with E-state index in [1.54, 1.807) is 6.08 Å². The zero-order valence-corrected chi connectivity index (χ0v) is 12.8. The van der Waals surface area contributed by atoms with E-state index in [9.17, 15) is 4.79 Å². The lowest BCUT2D eigenvalue weighted by atomic mass is 9.69. The molecule has 1 fully saturated rings. The molecule has 0 aromatic carbocycles. The van der Waals surface area contributed by atoms with Gasteiger partial charge in [-0.25, -0.2) is 0 Å². The van der Waals surface area contributed by atoms with Crippen molar-refractivity contribution in [3.8, 4) is 0 Å². The van der Waals surface area contributed by atoms with E-state index in [0.29, 0.717) is 24.5 Å². The van der Waals surface area contributed by atoms with E-state index in [4.69, 9.17) is 0 Å². The Labute approximate surface area is 118 Å². The molecule has 3 nitrogen and oxygen atoms in total. The molecule has 0 aromatic rings. The van der Waals surface area contributed by atoms with Crippen molar-refractivity contribution in [2.45, 2.75) is 58.9 Å². The third kappa shape index (κ3) is 5.35. The lowest BCUT2D eigenvalue weighted by molar-refractivity contribution is -0.121. The van der Waals surface area contributed by atoms with Crippen molar-refractivity contribution in [2.24, 2.45) is 11.3 Å². The van der Waals surface area contributed by atoms with Crippen molar-refractivity contribution in [1.82, 2.24) is 10.6 Å². The van der Waals surface area contributed by atoms with Crippen LogP contribution in [0.4, 0.5) is 0 Å². The quantitative estimate of drug-likeness (QED) is 0.549. The maximum Gasteiger partial charge on any atom is 0.234 e. The maximum absolute atomic E-state index is 11.7. The summed E-state index contributed by atoms with van der Waals surface area (Å²) >= 11 is 0. The summed E-state index contributed by atoms with van der Waals surface area (Å²) in [6, 6.07) is 0.377. The zero-order chi connectivity index (χ0) is 14.3. The molecule has 1 aliphatic carbocycles. The van der Waals surface area contributed by atoms with Crippen molar-refractivity contribution in [1.29, 1.82) is 0 Å². The van der Waals surface area contributed by atoms with Crippen LogP contribution >= 0.6 is 0 Å². The summed E-state index contributed by atoms with van der Waals surface area (Å²) < 4.78 is 0. The standard InChI is InChI=1S/C16H30N2O/c1-5-11-17-12-15(19)18-14-9-7-13(8-10-14)16(3,4)6-2/h5,13-14,17H,1,6-12H2,2-4H3,(H,18,19). The summed E-state index contributed by atoms with van der Waals surface area (Å²) in [7, 11) is 0. The first-order chi connectivity index (χ1) is 8.99. The van der Waals surface area contributed by atoms with E-state index in [1.807, 2.05) is 0 Å². The van der Waals surface area contributed by atoms with Gasteiger partial charge < -0.3 is 10.6 Å². The van der Waals surface area contributed by atoms with Crippen molar-refractivity contribution >= 4 is 5.91 Å². The molecule has 1 saturated carbocycles. The van der Waals surface area contributed by atoms with Gasteiger partial charge in [-0.15, -0.1) is 6.58 Å². The molecule has 2 N–H and O–H groups in total. The molecule has 0 heterocycles. The van der Waals surface area contributed by atoms with Crippen LogP contribution in [0.15, 0.2) is 12.7 Å². The Bertz CT molecular complexity index is 291. The van der Waals surface area contributed by atoms with E-state index in [1.165, 1.54) is 19.3 Å². The summed E-state index contributed by atoms with van der Waals surface area (Å²) in [6.45, 7) is 11.7. The highest BCUT2D eigenvalue weighted by Crippen LogP contribution is 2.40. The Hall–Kier alpha value is -0.830. The first kappa shape index (κ1) is 16.2. The fraction of sp³-hybridized carbons (Fsp3) is 0.812. The predicted molar refractivity (Wildman–Crippen MR) is 81.0 cm³/mol.